The second-order valence-electron chi connectivity index (χ2n) is 8.01. The van der Waals surface area contributed by atoms with Crippen LogP contribution in [0.25, 0.3) is 0 Å². The van der Waals surface area contributed by atoms with Gasteiger partial charge in [-0.3, -0.25) is 9.59 Å². The van der Waals surface area contributed by atoms with Crippen LogP contribution in [0.1, 0.15) is 62.2 Å². The van der Waals surface area contributed by atoms with Crippen LogP contribution in [0.15, 0.2) is 24.3 Å². The molecule has 1 aromatic carbocycles. The molecule has 2 fully saturated rings. The Hall–Kier alpha value is -2.08. The van der Waals surface area contributed by atoms with E-state index in [9.17, 15) is 9.59 Å². The van der Waals surface area contributed by atoms with Crippen LogP contribution in [0, 0.1) is 0 Å². The molecule has 1 heterocycles. The Morgan fingerprint density at radius 3 is 2.39 bits per heavy atom. The van der Waals surface area contributed by atoms with Crippen molar-refractivity contribution in [3.05, 3.63) is 29.8 Å². The highest BCUT2D eigenvalue weighted by molar-refractivity contribution is 5.97. The smallest absolute Gasteiger partial charge is 0.275 e. The molecular weight excluding hydrogens is 354 g/mol. The molecule has 0 spiro atoms. The summed E-state index contributed by atoms with van der Waals surface area (Å²) in [5, 5.41) is 6.35. The van der Waals surface area contributed by atoms with E-state index in [2.05, 4.69) is 10.6 Å². The zero-order chi connectivity index (χ0) is 19.8. The predicted octanol–water partition coefficient (Wildman–Crippen LogP) is 1.31. The molecule has 6 nitrogen and oxygen atoms in total. The van der Waals surface area contributed by atoms with Crippen molar-refractivity contribution in [2.45, 2.75) is 64.0 Å². The molecule has 1 saturated heterocycles. The summed E-state index contributed by atoms with van der Waals surface area (Å²) in [4.78, 5) is 26.2. The summed E-state index contributed by atoms with van der Waals surface area (Å²) in [7, 11) is 0. The average molecular weight is 389 g/mol. The molecule has 2 amide bonds. The molecule has 154 valence electrons. The normalized spacial score (nSPS) is 23.0. The average Bonchev–Trinajstić information content (AvgIpc) is 2.71. The van der Waals surface area contributed by atoms with E-state index in [1.807, 2.05) is 25.1 Å². The fourth-order valence-corrected chi connectivity index (χ4v) is 4.30. The summed E-state index contributed by atoms with van der Waals surface area (Å²) in [6.07, 6.45) is 7.80. The minimum absolute atomic E-state index is 0.0764. The third-order valence-corrected chi connectivity index (χ3v) is 5.84. The number of piperidine rings is 1. The van der Waals surface area contributed by atoms with Gasteiger partial charge >= 0.3 is 0 Å². The molecule has 6 heteroatoms. The fourth-order valence-electron chi connectivity index (χ4n) is 4.30. The molecule has 3 N–H and O–H groups in total. The quantitative estimate of drug-likeness (QED) is 0.660. The lowest BCUT2D eigenvalue weighted by Crippen LogP contribution is -3.14. The standard InChI is InChI=1S/C22H33N3O3/c1-2-28-20-11-7-6-10-19(20)22(27)24-18-12-14-25(15-13-18)16-21(26)23-17-8-4-3-5-9-17/h6-7,10-11,17-18H,2-5,8-9,12-16H2,1H3,(H,23,26)(H,24,27)/p+1. The summed E-state index contributed by atoms with van der Waals surface area (Å²) in [5.74, 6) is 0.729. The number of carbonyl (C=O) groups is 2. The Morgan fingerprint density at radius 2 is 1.68 bits per heavy atom. The lowest BCUT2D eigenvalue weighted by molar-refractivity contribution is -0.897. The lowest BCUT2D eigenvalue weighted by Gasteiger charge is -2.30. The van der Waals surface area contributed by atoms with Gasteiger partial charge in [-0.2, -0.15) is 0 Å². The van der Waals surface area contributed by atoms with Crippen LogP contribution in [-0.2, 0) is 4.79 Å². The Kier molecular flexibility index (Phi) is 7.71. The van der Waals surface area contributed by atoms with Crippen molar-refractivity contribution in [1.82, 2.24) is 10.6 Å². The van der Waals surface area contributed by atoms with Gasteiger partial charge in [-0.15, -0.1) is 0 Å². The summed E-state index contributed by atoms with van der Waals surface area (Å²) in [6, 6.07) is 7.90. The molecule has 2 aliphatic rings. The molecule has 1 saturated carbocycles. The highest BCUT2D eigenvalue weighted by atomic mass is 16.5. The summed E-state index contributed by atoms with van der Waals surface area (Å²) >= 11 is 0. The molecule has 0 atom stereocenters. The number of hydrogen-bond donors (Lipinski definition) is 3. The van der Waals surface area contributed by atoms with Crippen molar-refractivity contribution in [3.63, 3.8) is 0 Å². The van der Waals surface area contributed by atoms with Crippen LogP contribution in [0.5, 0.6) is 5.75 Å². The van der Waals surface area contributed by atoms with Gasteiger partial charge in [0.1, 0.15) is 5.75 Å². The Balaban J connectivity index is 1.41. The first kappa shape index (κ1) is 20.6. The van der Waals surface area contributed by atoms with E-state index in [1.54, 1.807) is 6.07 Å². The molecule has 1 aromatic rings. The first-order valence-electron chi connectivity index (χ1n) is 10.8. The number of carbonyl (C=O) groups excluding carboxylic acids is 2. The van der Waals surface area contributed by atoms with Gasteiger partial charge in [0.25, 0.3) is 11.8 Å². The van der Waals surface area contributed by atoms with Gasteiger partial charge in [-0.05, 0) is 31.9 Å². The van der Waals surface area contributed by atoms with Gasteiger partial charge < -0.3 is 20.3 Å². The number of para-hydroxylation sites is 1. The summed E-state index contributed by atoms with van der Waals surface area (Å²) in [6.45, 7) is 4.82. The zero-order valence-corrected chi connectivity index (χ0v) is 17.0. The van der Waals surface area contributed by atoms with Gasteiger partial charge in [0.2, 0.25) is 0 Å². The predicted molar refractivity (Wildman–Crippen MR) is 109 cm³/mol. The molecule has 0 aromatic heterocycles. The van der Waals surface area contributed by atoms with E-state index in [1.165, 1.54) is 24.2 Å². The van der Waals surface area contributed by atoms with Crippen LogP contribution in [0.3, 0.4) is 0 Å². The maximum atomic E-state index is 12.6. The molecule has 0 bridgehead atoms. The first-order chi connectivity index (χ1) is 13.7. The van der Waals surface area contributed by atoms with E-state index in [-0.39, 0.29) is 17.9 Å². The van der Waals surface area contributed by atoms with Gasteiger partial charge in [0, 0.05) is 24.9 Å². The minimum atomic E-state index is -0.0764. The van der Waals surface area contributed by atoms with E-state index in [4.69, 9.17) is 4.74 Å². The van der Waals surface area contributed by atoms with Gasteiger partial charge in [0.15, 0.2) is 6.54 Å². The molecule has 3 rings (SSSR count). The van der Waals surface area contributed by atoms with Crippen molar-refractivity contribution < 1.29 is 19.2 Å². The number of quaternary nitrogens is 1. The van der Waals surface area contributed by atoms with E-state index < -0.39 is 0 Å². The van der Waals surface area contributed by atoms with Crippen molar-refractivity contribution in [2.24, 2.45) is 0 Å². The highest BCUT2D eigenvalue weighted by Gasteiger charge is 2.26. The number of benzene rings is 1. The lowest BCUT2D eigenvalue weighted by atomic mass is 9.95. The van der Waals surface area contributed by atoms with Crippen molar-refractivity contribution in [1.29, 1.82) is 0 Å². The van der Waals surface area contributed by atoms with Crippen molar-refractivity contribution in [3.8, 4) is 5.75 Å². The number of nitrogens with one attached hydrogen (secondary N) is 3. The third kappa shape index (κ3) is 5.96. The maximum Gasteiger partial charge on any atom is 0.275 e. The van der Waals surface area contributed by atoms with E-state index >= 15 is 0 Å². The molecule has 1 aliphatic heterocycles. The Morgan fingerprint density at radius 1 is 1.00 bits per heavy atom. The second-order valence-corrected chi connectivity index (χ2v) is 8.01. The molecule has 0 unspecified atom stereocenters. The minimum Gasteiger partial charge on any atom is -0.493 e. The molecular formula is C22H34N3O3+. The van der Waals surface area contributed by atoms with Crippen LogP contribution in [0.2, 0.25) is 0 Å². The number of ether oxygens (including phenoxy) is 1. The highest BCUT2D eigenvalue weighted by Crippen LogP contribution is 2.18. The van der Waals surface area contributed by atoms with Crippen molar-refractivity contribution in [2.75, 3.05) is 26.2 Å². The third-order valence-electron chi connectivity index (χ3n) is 5.84. The molecule has 0 radical (unpaired) electrons. The number of rotatable bonds is 7. The number of likely N-dealkylation sites (tertiary alicyclic amines) is 1. The van der Waals surface area contributed by atoms with E-state index in [0.717, 1.165) is 38.8 Å². The SMILES string of the molecule is CCOc1ccccc1C(=O)NC1CC[NH+](CC(=O)NC2CCCCC2)CC1. The van der Waals surface area contributed by atoms with Crippen LogP contribution >= 0.6 is 0 Å². The van der Waals surface area contributed by atoms with Gasteiger partial charge in [0.05, 0.1) is 25.3 Å². The Labute approximate surface area is 168 Å². The van der Waals surface area contributed by atoms with E-state index in [0.29, 0.717) is 30.5 Å². The summed E-state index contributed by atoms with van der Waals surface area (Å²) in [5.41, 5.74) is 0.589. The second kappa shape index (κ2) is 10.5. The zero-order valence-electron chi connectivity index (χ0n) is 17.0. The van der Waals surface area contributed by atoms with Crippen LogP contribution in [0.4, 0.5) is 0 Å². The molecule has 1 aliphatic carbocycles. The molecule has 28 heavy (non-hydrogen) atoms. The number of amides is 2. The first-order valence-corrected chi connectivity index (χ1v) is 10.8. The Bertz CT molecular complexity index is 650. The largest absolute Gasteiger partial charge is 0.493 e. The summed E-state index contributed by atoms with van der Waals surface area (Å²) < 4.78 is 5.56. The fraction of sp³-hybridized carbons (Fsp3) is 0.636. The maximum absolute atomic E-state index is 12.6. The van der Waals surface area contributed by atoms with Crippen LogP contribution < -0.4 is 20.3 Å². The monoisotopic (exact) mass is 388 g/mol. The van der Waals surface area contributed by atoms with Crippen LogP contribution in [-0.4, -0.2) is 50.1 Å². The van der Waals surface area contributed by atoms with Crippen molar-refractivity contribution >= 4 is 11.8 Å². The topological polar surface area (TPSA) is 71.9 Å². The van der Waals surface area contributed by atoms with Gasteiger partial charge in [-0.1, -0.05) is 31.4 Å². The van der Waals surface area contributed by atoms with Gasteiger partial charge in [-0.25, -0.2) is 0 Å². The number of hydrogen-bond acceptors (Lipinski definition) is 3.